The van der Waals surface area contributed by atoms with Gasteiger partial charge in [-0.2, -0.15) is 0 Å². The van der Waals surface area contributed by atoms with Crippen LogP contribution in [-0.4, -0.2) is 24.5 Å². The fourth-order valence-electron chi connectivity index (χ4n) is 5.04. The molecule has 0 radical (unpaired) electrons. The maximum atomic E-state index is 2.72. The number of aryl methyl sites for hydroxylation is 2. The molecule has 0 unspecified atom stereocenters. The Kier molecular flexibility index (Phi) is 5.22. The lowest BCUT2D eigenvalue weighted by Crippen LogP contribution is -2.44. The molecule has 0 atom stereocenters. The van der Waals surface area contributed by atoms with Crippen molar-refractivity contribution in [2.45, 2.75) is 56.8 Å². The van der Waals surface area contributed by atoms with Gasteiger partial charge in [0.25, 0.3) is 0 Å². The standard InChI is InChI=1S/C24H31N/c1-2-9-21(10-3-1)11-6-7-18-25-19-16-24(17-20-25)15-8-13-22-12-4-5-14-23(22)24/h1-5,9-10,12,14H,6-8,11,13,15-20H2. The molecule has 0 aromatic heterocycles. The van der Waals surface area contributed by atoms with Gasteiger partial charge in [0.2, 0.25) is 0 Å². The molecule has 1 aliphatic heterocycles. The first kappa shape index (κ1) is 16.8. The van der Waals surface area contributed by atoms with E-state index >= 15 is 0 Å². The van der Waals surface area contributed by atoms with Crippen molar-refractivity contribution in [2.75, 3.05) is 19.6 Å². The van der Waals surface area contributed by atoms with E-state index in [1.165, 1.54) is 76.6 Å². The molecule has 0 N–H and O–H groups in total. The summed E-state index contributed by atoms with van der Waals surface area (Å²) in [6.07, 6.45) is 10.7. The van der Waals surface area contributed by atoms with Gasteiger partial charge in [-0.3, -0.25) is 0 Å². The minimum absolute atomic E-state index is 0.495. The van der Waals surface area contributed by atoms with Crippen molar-refractivity contribution in [3.63, 3.8) is 0 Å². The zero-order valence-corrected chi connectivity index (χ0v) is 15.4. The Hall–Kier alpha value is -1.60. The van der Waals surface area contributed by atoms with Crippen LogP contribution in [0.5, 0.6) is 0 Å². The lowest BCUT2D eigenvalue weighted by atomic mass is 9.65. The second-order valence-corrected chi connectivity index (χ2v) is 8.08. The quantitative estimate of drug-likeness (QED) is 0.664. The predicted molar refractivity (Wildman–Crippen MR) is 106 cm³/mol. The van der Waals surface area contributed by atoms with E-state index in [0.29, 0.717) is 5.41 Å². The van der Waals surface area contributed by atoms with Gasteiger partial charge in [0.15, 0.2) is 0 Å². The molecule has 1 saturated heterocycles. The van der Waals surface area contributed by atoms with Crippen LogP contribution in [0.25, 0.3) is 0 Å². The van der Waals surface area contributed by atoms with Crippen molar-refractivity contribution in [1.29, 1.82) is 0 Å². The van der Waals surface area contributed by atoms with E-state index in [1.807, 2.05) is 0 Å². The smallest absolute Gasteiger partial charge is 0.00102 e. The Morgan fingerprint density at radius 2 is 1.56 bits per heavy atom. The van der Waals surface area contributed by atoms with Crippen molar-refractivity contribution in [3.05, 3.63) is 71.3 Å². The molecule has 2 aliphatic rings. The molecule has 132 valence electrons. The molecule has 25 heavy (non-hydrogen) atoms. The maximum Gasteiger partial charge on any atom is -0.00102 e. The zero-order valence-electron chi connectivity index (χ0n) is 15.4. The number of hydrogen-bond acceptors (Lipinski definition) is 1. The van der Waals surface area contributed by atoms with Gasteiger partial charge in [0.05, 0.1) is 0 Å². The minimum atomic E-state index is 0.495. The largest absolute Gasteiger partial charge is 0.303 e. The van der Waals surface area contributed by atoms with Gasteiger partial charge < -0.3 is 4.90 Å². The van der Waals surface area contributed by atoms with Gasteiger partial charge in [0, 0.05) is 0 Å². The molecule has 4 rings (SSSR count). The molecular weight excluding hydrogens is 302 g/mol. The zero-order chi connectivity index (χ0) is 17.0. The summed E-state index contributed by atoms with van der Waals surface area (Å²) in [6.45, 7) is 3.86. The minimum Gasteiger partial charge on any atom is -0.303 e. The third kappa shape index (κ3) is 3.82. The van der Waals surface area contributed by atoms with Crippen molar-refractivity contribution in [1.82, 2.24) is 4.90 Å². The maximum absolute atomic E-state index is 2.72. The van der Waals surface area contributed by atoms with Crippen molar-refractivity contribution < 1.29 is 0 Å². The molecule has 1 aliphatic carbocycles. The second-order valence-electron chi connectivity index (χ2n) is 8.08. The van der Waals surface area contributed by atoms with Crippen LogP contribution in [0.4, 0.5) is 0 Å². The topological polar surface area (TPSA) is 3.24 Å². The lowest BCUT2D eigenvalue weighted by Gasteiger charge is -2.45. The van der Waals surface area contributed by atoms with Crippen LogP contribution in [0.3, 0.4) is 0 Å². The summed E-state index contributed by atoms with van der Waals surface area (Å²) in [6, 6.07) is 20.2. The van der Waals surface area contributed by atoms with Crippen molar-refractivity contribution in [3.8, 4) is 0 Å². The Balaban J connectivity index is 1.26. The molecule has 1 heteroatoms. The van der Waals surface area contributed by atoms with Crippen LogP contribution in [-0.2, 0) is 18.3 Å². The monoisotopic (exact) mass is 333 g/mol. The summed E-state index contributed by atoms with van der Waals surface area (Å²) in [5, 5.41) is 0. The van der Waals surface area contributed by atoms with Crippen molar-refractivity contribution >= 4 is 0 Å². The van der Waals surface area contributed by atoms with Crippen LogP contribution in [0.2, 0.25) is 0 Å². The number of benzene rings is 2. The normalized spacial score (nSPS) is 19.7. The number of likely N-dealkylation sites (tertiary alicyclic amines) is 1. The number of fused-ring (bicyclic) bond motifs is 2. The number of nitrogens with zero attached hydrogens (tertiary/aromatic N) is 1. The molecule has 1 fully saturated rings. The number of hydrogen-bond donors (Lipinski definition) is 0. The molecule has 0 amide bonds. The predicted octanol–water partition coefficient (Wildman–Crippen LogP) is 5.38. The van der Waals surface area contributed by atoms with Crippen LogP contribution in [0.1, 0.15) is 55.2 Å². The number of rotatable bonds is 5. The Morgan fingerprint density at radius 1 is 0.800 bits per heavy atom. The van der Waals surface area contributed by atoms with E-state index in [4.69, 9.17) is 0 Å². The highest BCUT2D eigenvalue weighted by Crippen LogP contribution is 2.44. The van der Waals surface area contributed by atoms with Crippen LogP contribution >= 0.6 is 0 Å². The van der Waals surface area contributed by atoms with Crippen LogP contribution < -0.4 is 0 Å². The van der Waals surface area contributed by atoms with E-state index in [1.54, 1.807) is 11.1 Å². The molecule has 2 aromatic rings. The van der Waals surface area contributed by atoms with Gasteiger partial charge in [-0.15, -0.1) is 0 Å². The summed E-state index contributed by atoms with van der Waals surface area (Å²) in [7, 11) is 0. The highest BCUT2D eigenvalue weighted by atomic mass is 15.1. The van der Waals surface area contributed by atoms with E-state index in [2.05, 4.69) is 59.5 Å². The molecule has 1 spiro atoms. The average Bonchev–Trinajstić information content (AvgIpc) is 2.68. The van der Waals surface area contributed by atoms with E-state index < -0.39 is 0 Å². The summed E-state index contributed by atoms with van der Waals surface area (Å²) >= 11 is 0. The molecule has 1 heterocycles. The van der Waals surface area contributed by atoms with Gasteiger partial charge in [0.1, 0.15) is 0 Å². The Bertz CT molecular complexity index is 668. The van der Waals surface area contributed by atoms with E-state index in [9.17, 15) is 0 Å². The van der Waals surface area contributed by atoms with E-state index in [-0.39, 0.29) is 0 Å². The van der Waals surface area contributed by atoms with Crippen LogP contribution in [0, 0.1) is 0 Å². The summed E-state index contributed by atoms with van der Waals surface area (Å²) in [5.41, 5.74) is 5.30. The molecular formula is C24H31N. The fraction of sp³-hybridized carbons (Fsp3) is 0.500. The third-order valence-electron chi connectivity index (χ3n) is 6.54. The molecule has 1 nitrogen and oxygen atoms in total. The Morgan fingerprint density at radius 3 is 2.40 bits per heavy atom. The number of unbranched alkanes of at least 4 members (excludes halogenated alkanes) is 1. The van der Waals surface area contributed by atoms with E-state index in [0.717, 1.165) is 0 Å². The third-order valence-corrected chi connectivity index (χ3v) is 6.54. The first-order chi connectivity index (χ1) is 12.4. The SMILES string of the molecule is c1ccc(CCCCN2CCC3(CCCc4ccccc43)CC2)cc1. The lowest BCUT2D eigenvalue weighted by molar-refractivity contribution is 0.143. The molecule has 0 saturated carbocycles. The number of piperidine rings is 1. The Labute approximate surface area is 153 Å². The summed E-state index contributed by atoms with van der Waals surface area (Å²) in [4.78, 5) is 2.72. The summed E-state index contributed by atoms with van der Waals surface area (Å²) < 4.78 is 0. The highest BCUT2D eigenvalue weighted by molar-refractivity contribution is 5.37. The van der Waals surface area contributed by atoms with Gasteiger partial charge in [-0.1, -0.05) is 54.6 Å². The highest BCUT2D eigenvalue weighted by Gasteiger charge is 2.38. The van der Waals surface area contributed by atoms with Crippen LogP contribution in [0.15, 0.2) is 54.6 Å². The fourth-order valence-corrected chi connectivity index (χ4v) is 5.04. The van der Waals surface area contributed by atoms with Gasteiger partial charge >= 0.3 is 0 Å². The summed E-state index contributed by atoms with van der Waals surface area (Å²) in [5.74, 6) is 0. The van der Waals surface area contributed by atoms with Crippen molar-refractivity contribution in [2.24, 2.45) is 0 Å². The second kappa shape index (κ2) is 7.74. The average molecular weight is 334 g/mol. The molecule has 2 aromatic carbocycles. The van der Waals surface area contributed by atoms with Gasteiger partial charge in [-0.05, 0) is 93.1 Å². The van der Waals surface area contributed by atoms with Gasteiger partial charge in [-0.25, -0.2) is 0 Å². The molecule has 0 bridgehead atoms. The first-order valence-corrected chi connectivity index (χ1v) is 10.2. The first-order valence-electron chi connectivity index (χ1n) is 10.2.